The predicted molar refractivity (Wildman–Crippen MR) is 77.3 cm³/mol. The molecule has 0 radical (unpaired) electrons. The molecule has 0 N–H and O–H groups in total. The normalized spacial score (nSPS) is 19.9. The van der Waals surface area contributed by atoms with E-state index < -0.39 is 16.0 Å². The highest BCUT2D eigenvalue weighted by Crippen LogP contribution is 2.34. The third-order valence-electron chi connectivity index (χ3n) is 3.15. The molecule has 0 aromatic heterocycles. The maximum atomic E-state index is 12.1. The first kappa shape index (κ1) is 14.8. The van der Waals surface area contributed by atoms with Gasteiger partial charge in [0.1, 0.15) is 0 Å². The number of ether oxygens (including phenoxy) is 1. The number of hydrogen-bond donors (Lipinski definition) is 0. The van der Waals surface area contributed by atoms with Crippen LogP contribution in [0.2, 0.25) is 0 Å². The van der Waals surface area contributed by atoms with Gasteiger partial charge in [-0.1, -0.05) is 13.8 Å². The molecule has 0 saturated carbocycles. The number of esters is 1. The second kappa shape index (κ2) is 5.09. The summed E-state index contributed by atoms with van der Waals surface area (Å²) in [6.45, 7) is 6.36. The molecule has 0 spiro atoms. The van der Waals surface area contributed by atoms with Crippen molar-refractivity contribution in [3.8, 4) is 0 Å². The van der Waals surface area contributed by atoms with E-state index in [1.165, 1.54) is 4.31 Å². The van der Waals surface area contributed by atoms with E-state index in [0.717, 1.165) is 0 Å². The second-order valence-corrected chi connectivity index (χ2v) is 7.59. The standard InChI is InChI=1S/C14H19NO4S/c1-4-19-13(16)11-5-7-12(8-6-11)15-9-14(2,3)10-20(15,17)18/h5-8H,4,9-10H2,1-3H3. The minimum Gasteiger partial charge on any atom is -0.462 e. The third-order valence-corrected chi connectivity index (χ3v) is 5.30. The minimum absolute atomic E-state index is 0.139. The van der Waals surface area contributed by atoms with Crippen molar-refractivity contribution in [3.63, 3.8) is 0 Å². The van der Waals surface area contributed by atoms with Crippen LogP contribution in [-0.2, 0) is 14.8 Å². The van der Waals surface area contributed by atoms with Crippen LogP contribution in [0.25, 0.3) is 0 Å². The smallest absolute Gasteiger partial charge is 0.338 e. The van der Waals surface area contributed by atoms with Gasteiger partial charge in [0, 0.05) is 6.54 Å². The summed E-state index contributed by atoms with van der Waals surface area (Å²) in [5, 5.41) is 0. The summed E-state index contributed by atoms with van der Waals surface area (Å²) in [6, 6.07) is 6.47. The van der Waals surface area contributed by atoms with Gasteiger partial charge in [-0.15, -0.1) is 0 Å². The Bertz CT molecular complexity index is 605. The van der Waals surface area contributed by atoms with Gasteiger partial charge in [-0.25, -0.2) is 13.2 Å². The minimum atomic E-state index is -3.27. The number of carbonyl (C=O) groups is 1. The third kappa shape index (κ3) is 2.95. The van der Waals surface area contributed by atoms with Crippen LogP contribution < -0.4 is 4.31 Å². The van der Waals surface area contributed by atoms with E-state index in [1.807, 2.05) is 13.8 Å². The molecule has 20 heavy (non-hydrogen) atoms. The highest BCUT2D eigenvalue weighted by Gasteiger charge is 2.41. The van der Waals surface area contributed by atoms with Crippen molar-refractivity contribution < 1.29 is 17.9 Å². The summed E-state index contributed by atoms with van der Waals surface area (Å²) in [7, 11) is -3.27. The van der Waals surface area contributed by atoms with Crippen molar-refractivity contribution in [3.05, 3.63) is 29.8 Å². The van der Waals surface area contributed by atoms with Gasteiger partial charge in [0.15, 0.2) is 0 Å². The van der Waals surface area contributed by atoms with Crippen LogP contribution >= 0.6 is 0 Å². The van der Waals surface area contributed by atoms with Crippen LogP contribution in [0.1, 0.15) is 31.1 Å². The average molecular weight is 297 g/mol. The van der Waals surface area contributed by atoms with Gasteiger partial charge in [0.05, 0.1) is 23.6 Å². The molecule has 1 heterocycles. The Morgan fingerprint density at radius 3 is 2.35 bits per heavy atom. The zero-order valence-electron chi connectivity index (χ0n) is 11.9. The van der Waals surface area contributed by atoms with Gasteiger partial charge in [-0.3, -0.25) is 4.31 Å². The van der Waals surface area contributed by atoms with E-state index in [2.05, 4.69) is 0 Å². The maximum Gasteiger partial charge on any atom is 0.338 e. The van der Waals surface area contributed by atoms with E-state index >= 15 is 0 Å². The van der Waals surface area contributed by atoms with Gasteiger partial charge in [0.25, 0.3) is 0 Å². The SMILES string of the molecule is CCOC(=O)c1ccc(N2CC(C)(C)CS2(=O)=O)cc1. The molecule has 0 unspecified atom stereocenters. The molecule has 1 saturated heterocycles. The molecule has 5 nitrogen and oxygen atoms in total. The predicted octanol–water partition coefficient (Wildman–Crippen LogP) is 2.04. The molecule has 1 fully saturated rings. The number of benzene rings is 1. The number of hydrogen-bond acceptors (Lipinski definition) is 4. The fraction of sp³-hybridized carbons (Fsp3) is 0.500. The monoisotopic (exact) mass is 297 g/mol. The lowest BCUT2D eigenvalue weighted by molar-refractivity contribution is 0.0526. The average Bonchev–Trinajstić information content (AvgIpc) is 2.58. The van der Waals surface area contributed by atoms with Crippen LogP contribution in [0.3, 0.4) is 0 Å². The Balaban J connectivity index is 2.25. The molecule has 1 aliphatic heterocycles. The molecule has 0 atom stereocenters. The number of rotatable bonds is 3. The molecule has 0 bridgehead atoms. The summed E-state index contributed by atoms with van der Waals surface area (Å²) in [6.07, 6.45) is 0. The molecular formula is C14H19NO4S. The molecule has 6 heteroatoms. The lowest BCUT2D eigenvalue weighted by atomic mass is 9.97. The van der Waals surface area contributed by atoms with Crippen molar-refractivity contribution in [2.24, 2.45) is 5.41 Å². The van der Waals surface area contributed by atoms with Crippen LogP contribution in [-0.4, -0.2) is 33.3 Å². The summed E-state index contributed by atoms with van der Waals surface area (Å²) in [5.74, 6) is -0.261. The highest BCUT2D eigenvalue weighted by molar-refractivity contribution is 7.93. The molecule has 110 valence electrons. The van der Waals surface area contributed by atoms with Crippen molar-refractivity contribution >= 4 is 21.7 Å². The first-order valence-electron chi connectivity index (χ1n) is 6.53. The summed E-state index contributed by atoms with van der Waals surface area (Å²) in [5.41, 5.74) is 0.744. The molecule has 1 aliphatic rings. The van der Waals surface area contributed by atoms with E-state index in [4.69, 9.17) is 4.74 Å². The molecule has 0 aliphatic carbocycles. The summed E-state index contributed by atoms with van der Waals surface area (Å²) in [4.78, 5) is 11.6. The van der Waals surface area contributed by atoms with Crippen molar-refractivity contribution in [2.75, 3.05) is 23.2 Å². The van der Waals surface area contributed by atoms with E-state index in [-0.39, 0.29) is 11.2 Å². The van der Waals surface area contributed by atoms with Gasteiger partial charge < -0.3 is 4.74 Å². The fourth-order valence-electron chi connectivity index (χ4n) is 2.33. The highest BCUT2D eigenvalue weighted by atomic mass is 32.2. The van der Waals surface area contributed by atoms with Gasteiger partial charge in [-0.2, -0.15) is 0 Å². The fourth-order valence-corrected chi connectivity index (χ4v) is 4.56. The Kier molecular flexibility index (Phi) is 3.77. The largest absolute Gasteiger partial charge is 0.462 e. The van der Waals surface area contributed by atoms with E-state index in [0.29, 0.717) is 24.4 Å². The van der Waals surface area contributed by atoms with Crippen LogP contribution in [0, 0.1) is 5.41 Å². The zero-order chi connectivity index (χ0) is 15.0. The van der Waals surface area contributed by atoms with Crippen LogP contribution in [0.15, 0.2) is 24.3 Å². The van der Waals surface area contributed by atoms with Crippen molar-refractivity contribution in [1.82, 2.24) is 0 Å². The quantitative estimate of drug-likeness (QED) is 0.801. The number of anilines is 1. The van der Waals surface area contributed by atoms with E-state index in [9.17, 15) is 13.2 Å². The zero-order valence-corrected chi connectivity index (χ0v) is 12.7. The molecule has 1 aromatic carbocycles. The Morgan fingerprint density at radius 1 is 1.30 bits per heavy atom. The van der Waals surface area contributed by atoms with Crippen LogP contribution in [0.4, 0.5) is 5.69 Å². The van der Waals surface area contributed by atoms with Gasteiger partial charge in [0.2, 0.25) is 10.0 Å². The first-order valence-corrected chi connectivity index (χ1v) is 8.14. The summed E-state index contributed by atoms with van der Waals surface area (Å²) < 4.78 is 30.6. The number of sulfonamides is 1. The maximum absolute atomic E-state index is 12.1. The lowest BCUT2D eigenvalue weighted by Crippen LogP contribution is -2.26. The molecule has 1 aromatic rings. The van der Waals surface area contributed by atoms with Crippen molar-refractivity contribution in [1.29, 1.82) is 0 Å². The topological polar surface area (TPSA) is 63.7 Å². The molecular weight excluding hydrogens is 278 g/mol. The Labute approximate surface area is 119 Å². The molecule has 2 rings (SSSR count). The van der Waals surface area contributed by atoms with Gasteiger partial charge in [-0.05, 0) is 36.6 Å². The van der Waals surface area contributed by atoms with Crippen molar-refractivity contribution in [2.45, 2.75) is 20.8 Å². The number of carbonyl (C=O) groups excluding carboxylic acids is 1. The Hall–Kier alpha value is -1.56. The van der Waals surface area contributed by atoms with Gasteiger partial charge >= 0.3 is 5.97 Å². The first-order chi connectivity index (χ1) is 9.25. The number of nitrogens with zero attached hydrogens (tertiary/aromatic N) is 1. The van der Waals surface area contributed by atoms with Crippen LogP contribution in [0.5, 0.6) is 0 Å². The second-order valence-electron chi connectivity index (χ2n) is 5.69. The lowest BCUT2D eigenvalue weighted by Gasteiger charge is -2.19. The van der Waals surface area contributed by atoms with E-state index in [1.54, 1.807) is 31.2 Å². The molecule has 0 amide bonds. The summed E-state index contributed by atoms with van der Waals surface area (Å²) >= 11 is 0. The Morgan fingerprint density at radius 2 is 1.90 bits per heavy atom.